The Balaban J connectivity index is 2.11. The molecule has 0 bridgehead atoms. The summed E-state index contributed by atoms with van der Waals surface area (Å²) in [5, 5.41) is 0. The van der Waals surface area contributed by atoms with Gasteiger partial charge < -0.3 is 9.64 Å². The smallest absolute Gasteiger partial charge is 0.223 e. The largest absolute Gasteiger partial charge is 0.381 e. The van der Waals surface area contributed by atoms with Gasteiger partial charge >= 0.3 is 0 Å². The minimum Gasteiger partial charge on any atom is -0.381 e. The second-order valence-electron chi connectivity index (χ2n) is 4.01. The van der Waals surface area contributed by atoms with Crippen LogP contribution in [0.25, 0.3) is 0 Å². The molecule has 1 aliphatic rings. The normalized spacial score (nSPS) is 21.0. The molecule has 0 saturated carbocycles. The Kier molecular flexibility index (Phi) is 5.40. The molecule has 1 heterocycles. The molecular weight excluding hydrogens is 190 g/mol. The maximum absolute atomic E-state index is 11.5. The van der Waals surface area contributed by atoms with Crippen LogP contribution in [0.5, 0.6) is 0 Å². The Morgan fingerprint density at radius 3 is 3.00 bits per heavy atom. The van der Waals surface area contributed by atoms with E-state index >= 15 is 0 Å². The first-order chi connectivity index (χ1) is 7.27. The van der Waals surface area contributed by atoms with Gasteiger partial charge in [0.15, 0.2) is 0 Å². The highest BCUT2D eigenvalue weighted by molar-refractivity contribution is 5.78. The molecule has 0 spiro atoms. The molecule has 15 heavy (non-hydrogen) atoms. The van der Waals surface area contributed by atoms with Crippen molar-refractivity contribution in [2.24, 2.45) is 5.92 Å². The van der Waals surface area contributed by atoms with E-state index in [2.05, 4.69) is 13.5 Å². The molecule has 1 atom stereocenters. The van der Waals surface area contributed by atoms with Gasteiger partial charge in [-0.2, -0.15) is 0 Å². The van der Waals surface area contributed by atoms with Gasteiger partial charge in [-0.1, -0.05) is 13.0 Å². The summed E-state index contributed by atoms with van der Waals surface area (Å²) in [5.41, 5.74) is 0. The fourth-order valence-corrected chi connectivity index (χ4v) is 1.78. The van der Waals surface area contributed by atoms with Crippen LogP contribution >= 0.6 is 0 Å². The minimum absolute atomic E-state index is 0.260. The fraction of sp³-hybridized carbons (Fsp3) is 0.750. The minimum atomic E-state index is 0.260. The Hall–Kier alpha value is -0.830. The summed E-state index contributed by atoms with van der Waals surface area (Å²) >= 11 is 0. The maximum Gasteiger partial charge on any atom is 0.223 e. The van der Waals surface area contributed by atoms with Crippen LogP contribution in [0.4, 0.5) is 0 Å². The van der Waals surface area contributed by atoms with E-state index in [-0.39, 0.29) is 5.91 Å². The molecule has 0 aromatic rings. The molecule has 0 radical (unpaired) electrons. The number of ether oxygens (including phenoxy) is 1. The van der Waals surface area contributed by atoms with Crippen LogP contribution < -0.4 is 0 Å². The van der Waals surface area contributed by atoms with Crippen molar-refractivity contribution in [1.29, 1.82) is 0 Å². The number of rotatable bonds is 7. The monoisotopic (exact) mass is 211 g/mol. The molecule has 0 N–H and O–H groups in total. The summed E-state index contributed by atoms with van der Waals surface area (Å²) in [6.45, 7) is 9.08. The Bertz CT molecular complexity index is 216. The number of nitrogens with zero attached hydrogens (tertiary/aromatic N) is 1. The van der Waals surface area contributed by atoms with E-state index in [1.165, 1.54) is 0 Å². The third-order valence-electron chi connectivity index (χ3n) is 2.64. The van der Waals surface area contributed by atoms with E-state index in [1.807, 2.05) is 11.0 Å². The molecule has 3 heteroatoms. The number of hydrogen-bond acceptors (Lipinski definition) is 2. The second kappa shape index (κ2) is 6.62. The predicted molar refractivity (Wildman–Crippen MR) is 60.6 cm³/mol. The molecule has 1 rings (SSSR count). The van der Waals surface area contributed by atoms with Gasteiger partial charge in [-0.15, -0.1) is 6.58 Å². The predicted octanol–water partition coefficient (Wildman–Crippen LogP) is 1.84. The van der Waals surface area contributed by atoms with Crippen molar-refractivity contribution in [3.05, 3.63) is 12.7 Å². The highest BCUT2D eigenvalue weighted by Crippen LogP contribution is 2.18. The van der Waals surface area contributed by atoms with E-state index < -0.39 is 0 Å². The topological polar surface area (TPSA) is 29.5 Å². The van der Waals surface area contributed by atoms with Gasteiger partial charge in [0.25, 0.3) is 0 Å². The molecule has 1 fully saturated rings. The first kappa shape index (κ1) is 12.2. The summed E-state index contributed by atoms with van der Waals surface area (Å²) in [7, 11) is 0. The highest BCUT2D eigenvalue weighted by Gasteiger charge is 2.26. The van der Waals surface area contributed by atoms with Gasteiger partial charge in [-0.25, -0.2) is 0 Å². The van der Waals surface area contributed by atoms with Crippen LogP contribution in [0.3, 0.4) is 0 Å². The van der Waals surface area contributed by atoms with Crippen LogP contribution in [0.1, 0.15) is 26.2 Å². The van der Waals surface area contributed by atoms with Gasteiger partial charge in [0, 0.05) is 38.6 Å². The lowest BCUT2D eigenvalue weighted by atomic mass is 10.1. The van der Waals surface area contributed by atoms with Gasteiger partial charge in [-0.05, 0) is 12.8 Å². The van der Waals surface area contributed by atoms with Crippen LogP contribution in [-0.4, -0.2) is 37.1 Å². The summed E-state index contributed by atoms with van der Waals surface area (Å²) in [6.07, 6.45) is 4.52. The number of hydrogen-bond donors (Lipinski definition) is 0. The van der Waals surface area contributed by atoms with Gasteiger partial charge in [0.05, 0.1) is 0 Å². The Morgan fingerprint density at radius 2 is 2.40 bits per heavy atom. The lowest BCUT2D eigenvalue weighted by Crippen LogP contribution is -2.27. The molecule has 1 aliphatic heterocycles. The Morgan fingerprint density at radius 1 is 1.60 bits per heavy atom. The van der Waals surface area contributed by atoms with Gasteiger partial charge in [0.1, 0.15) is 0 Å². The molecular formula is C12H21NO2. The van der Waals surface area contributed by atoms with Crippen molar-refractivity contribution in [1.82, 2.24) is 4.90 Å². The van der Waals surface area contributed by atoms with Crippen molar-refractivity contribution < 1.29 is 9.53 Å². The molecule has 0 aromatic heterocycles. The molecule has 0 aromatic carbocycles. The number of carbonyl (C=O) groups is 1. The van der Waals surface area contributed by atoms with Gasteiger partial charge in [-0.3, -0.25) is 4.79 Å². The van der Waals surface area contributed by atoms with Crippen LogP contribution in [-0.2, 0) is 9.53 Å². The number of amides is 1. The fourth-order valence-electron chi connectivity index (χ4n) is 1.78. The summed E-state index contributed by atoms with van der Waals surface area (Å²) in [5.74, 6) is 0.615. The van der Waals surface area contributed by atoms with Crippen molar-refractivity contribution >= 4 is 5.91 Å². The zero-order chi connectivity index (χ0) is 11.1. The van der Waals surface area contributed by atoms with Crippen LogP contribution in [0.2, 0.25) is 0 Å². The molecule has 3 nitrogen and oxygen atoms in total. The van der Waals surface area contributed by atoms with Gasteiger partial charge in [0.2, 0.25) is 5.91 Å². The van der Waals surface area contributed by atoms with E-state index in [9.17, 15) is 4.79 Å². The molecule has 1 amide bonds. The second-order valence-corrected chi connectivity index (χ2v) is 4.01. The van der Waals surface area contributed by atoms with E-state index in [0.29, 0.717) is 12.3 Å². The summed E-state index contributed by atoms with van der Waals surface area (Å²) in [4.78, 5) is 13.4. The molecule has 1 unspecified atom stereocenters. The standard InChI is InChI=1S/C12H21NO2/c1-3-7-15-8-5-6-13-10-11(4-2)9-12(13)14/h4,11H,2-3,5-10H2,1H3. The van der Waals surface area contributed by atoms with Crippen molar-refractivity contribution in [3.8, 4) is 0 Å². The van der Waals surface area contributed by atoms with Crippen molar-refractivity contribution in [3.63, 3.8) is 0 Å². The quantitative estimate of drug-likeness (QED) is 0.475. The molecule has 0 aliphatic carbocycles. The maximum atomic E-state index is 11.5. The first-order valence-corrected chi connectivity index (χ1v) is 5.76. The SMILES string of the molecule is C=CC1CC(=O)N(CCCOCCC)C1. The summed E-state index contributed by atoms with van der Waals surface area (Å²) < 4.78 is 5.37. The number of likely N-dealkylation sites (tertiary alicyclic amines) is 1. The van der Waals surface area contributed by atoms with Crippen LogP contribution in [0.15, 0.2) is 12.7 Å². The third kappa shape index (κ3) is 4.04. The highest BCUT2D eigenvalue weighted by atomic mass is 16.5. The number of carbonyl (C=O) groups excluding carboxylic acids is 1. The van der Waals surface area contributed by atoms with Crippen LogP contribution in [0, 0.1) is 5.92 Å². The lowest BCUT2D eigenvalue weighted by molar-refractivity contribution is -0.127. The lowest BCUT2D eigenvalue weighted by Gasteiger charge is -2.15. The average Bonchev–Trinajstić information content (AvgIpc) is 2.59. The van der Waals surface area contributed by atoms with E-state index in [1.54, 1.807) is 0 Å². The first-order valence-electron chi connectivity index (χ1n) is 5.76. The summed E-state index contributed by atoms with van der Waals surface area (Å²) in [6, 6.07) is 0. The Labute approximate surface area is 92.1 Å². The van der Waals surface area contributed by atoms with E-state index in [0.717, 1.165) is 39.1 Å². The van der Waals surface area contributed by atoms with E-state index in [4.69, 9.17) is 4.74 Å². The molecule has 1 saturated heterocycles. The van der Waals surface area contributed by atoms with Crippen molar-refractivity contribution in [2.45, 2.75) is 26.2 Å². The molecule has 86 valence electrons. The zero-order valence-electron chi connectivity index (χ0n) is 9.58. The third-order valence-corrected chi connectivity index (χ3v) is 2.64. The van der Waals surface area contributed by atoms with Crippen molar-refractivity contribution in [2.75, 3.05) is 26.3 Å². The average molecular weight is 211 g/mol. The zero-order valence-corrected chi connectivity index (χ0v) is 9.58.